The summed E-state index contributed by atoms with van der Waals surface area (Å²) in [4.78, 5) is 22.3. The number of thiazole rings is 1. The highest BCUT2D eigenvalue weighted by Gasteiger charge is 2.38. The second-order valence-corrected chi connectivity index (χ2v) is 9.97. The molecule has 0 radical (unpaired) electrons. The smallest absolute Gasteiger partial charge is 0.345 e. The van der Waals surface area contributed by atoms with Crippen LogP contribution < -0.4 is 9.80 Å². The molecule has 3 fully saturated rings. The number of carbonyl (C=O) groups is 1. The number of piperazine rings is 1. The van der Waals surface area contributed by atoms with Crippen LogP contribution in [0.2, 0.25) is 0 Å². The molecular formula is C21H23F3N8OS. The molecule has 0 aromatic carbocycles. The second-order valence-electron chi connectivity index (χ2n) is 8.96. The summed E-state index contributed by atoms with van der Waals surface area (Å²) in [5.41, 5.74) is 0.708. The van der Waals surface area contributed by atoms with Crippen LogP contribution in [0.15, 0.2) is 18.3 Å². The summed E-state index contributed by atoms with van der Waals surface area (Å²) in [5.74, 6) is 2.08. The molecule has 5 heterocycles. The van der Waals surface area contributed by atoms with Gasteiger partial charge in [-0.3, -0.25) is 4.79 Å². The van der Waals surface area contributed by atoms with Crippen LogP contribution in [-0.4, -0.2) is 74.4 Å². The van der Waals surface area contributed by atoms with Crippen molar-refractivity contribution in [2.24, 2.45) is 0 Å². The third kappa shape index (κ3) is 3.85. The monoisotopic (exact) mass is 492 g/mol. The summed E-state index contributed by atoms with van der Waals surface area (Å²) in [6.45, 7) is 2.56. The Hall–Kier alpha value is -2.96. The van der Waals surface area contributed by atoms with Gasteiger partial charge in [0.1, 0.15) is 16.7 Å². The maximum absolute atomic E-state index is 13.4. The summed E-state index contributed by atoms with van der Waals surface area (Å²) < 4.78 is 40.5. The normalized spacial score (nSPS) is 21.6. The Kier molecular flexibility index (Phi) is 5.12. The number of hydrogen-bond donors (Lipinski definition) is 0. The lowest BCUT2D eigenvalue weighted by atomic mass is 10.1. The van der Waals surface area contributed by atoms with E-state index in [1.54, 1.807) is 4.52 Å². The predicted octanol–water partition coefficient (Wildman–Crippen LogP) is 2.79. The summed E-state index contributed by atoms with van der Waals surface area (Å²) in [7, 11) is 0. The van der Waals surface area contributed by atoms with Crippen LogP contribution in [0.4, 0.5) is 24.1 Å². The molecule has 2 saturated heterocycles. The first-order valence-electron chi connectivity index (χ1n) is 11.4. The molecule has 0 spiro atoms. The van der Waals surface area contributed by atoms with Gasteiger partial charge >= 0.3 is 6.18 Å². The molecule has 1 atom stereocenters. The molecule has 0 bridgehead atoms. The van der Waals surface area contributed by atoms with Crippen LogP contribution >= 0.6 is 11.3 Å². The number of carbonyl (C=O) groups excluding carboxylic acids is 1. The van der Waals surface area contributed by atoms with E-state index in [1.807, 2.05) is 21.9 Å². The van der Waals surface area contributed by atoms with Gasteiger partial charge < -0.3 is 14.7 Å². The molecule has 1 aliphatic carbocycles. The minimum absolute atomic E-state index is 0.0420. The highest BCUT2D eigenvalue weighted by Crippen LogP contribution is 2.39. The van der Waals surface area contributed by atoms with Crippen molar-refractivity contribution < 1.29 is 18.0 Å². The van der Waals surface area contributed by atoms with Gasteiger partial charge in [0, 0.05) is 38.6 Å². The molecule has 3 aliphatic rings. The van der Waals surface area contributed by atoms with Crippen LogP contribution in [0.3, 0.4) is 0 Å². The number of aromatic nitrogens is 5. The fraction of sp³-hybridized carbons (Fsp3) is 0.571. The van der Waals surface area contributed by atoms with E-state index in [4.69, 9.17) is 5.10 Å². The van der Waals surface area contributed by atoms with Crippen molar-refractivity contribution in [3.63, 3.8) is 0 Å². The third-order valence-electron chi connectivity index (χ3n) is 6.68. The van der Waals surface area contributed by atoms with Gasteiger partial charge in [0.15, 0.2) is 16.6 Å². The molecule has 9 nitrogen and oxygen atoms in total. The van der Waals surface area contributed by atoms with Gasteiger partial charge in [-0.05, 0) is 37.8 Å². The van der Waals surface area contributed by atoms with E-state index in [-0.39, 0.29) is 11.9 Å². The Morgan fingerprint density at radius 1 is 1.03 bits per heavy atom. The minimum atomic E-state index is -4.39. The van der Waals surface area contributed by atoms with Crippen molar-refractivity contribution in [3.8, 4) is 0 Å². The van der Waals surface area contributed by atoms with Crippen LogP contribution in [-0.2, 0) is 11.0 Å². The van der Waals surface area contributed by atoms with E-state index in [0.29, 0.717) is 54.2 Å². The minimum Gasteiger partial charge on any atom is -0.345 e. The molecule has 3 aromatic heterocycles. The number of hydrogen-bond acceptors (Lipinski definition) is 8. The average Bonchev–Trinajstić information content (AvgIpc) is 3.23. The highest BCUT2D eigenvalue weighted by molar-refractivity contribution is 7.15. The van der Waals surface area contributed by atoms with Gasteiger partial charge in [-0.1, -0.05) is 11.3 Å². The zero-order valence-electron chi connectivity index (χ0n) is 18.3. The Balaban J connectivity index is 1.14. The van der Waals surface area contributed by atoms with Gasteiger partial charge in [0.05, 0.1) is 6.20 Å². The number of rotatable bonds is 4. The van der Waals surface area contributed by atoms with E-state index >= 15 is 0 Å². The lowest BCUT2D eigenvalue weighted by Crippen LogP contribution is -2.54. The van der Waals surface area contributed by atoms with E-state index in [1.165, 1.54) is 0 Å². The van der Waals surface area contributed by atoms with Crippen LogP contribution in [0.25, 0.3) is 5.65 Å². The molecule has 34 heavy (non-hydrogen) atoms. The number of halogens is 3. The lowest BCUT2D eigenvalue weighted by Gasteiger charge is -2.37. The maximum Gasteiger partial charge on any atom is 0.427 e. The first-order chi connectivity index (χ1) is 16.4. The molecule has 1 saturated carbocycles. The molecule has 6 rings (SSSR count). The Bertz CT molecular complexity index is 1210. The van der Waals surface area contributed by atoms with Crippen molar-refractivity contribution in [2.45, 2.75) is 43.8 Å². The van der Waals surface area contributed by atoms with E-state index in [9.17, 15) is 18.0 Å². The summed E-state index contributed by atoms with van der Waals surface area (Å²) in [6, 6.07) is 3.49. The van der Waals surface area contributed by atoms with Crippen molar-refractivity contribution in [3.05, 3.63) is 29.0 Å². The molecule has 0 N–H and O–H groups in total. The molecule has 2 aliphatic heterocycles. The first kappa shape index (κ1) is 21.6. The quantitative estimate of drug-likeness (QED) is 0.554. The topological polar surface area (TPSA) is 82.8 Å². The van der Waals surface area contributed by atoms with Crippen molar-refractivity contribution in [1.82, 2.24) is 29.7 Å². The molecule has 1 amide bonds. The molecule has 3 aromatic rings. The Labute approximate surface area is 197 Å². The number of nitrogens with zero attached hydrogens (tertiary/aromatic N) is 8. The van der Waals surface area contributed by atoms with E-state index in [0.717, 1.165) is 50.1 Å². The average molecular weight is 493 g/mol. The first-order valence-corrected chi connectivity index (χ1v) is 12.3. The lowest BCUT2D eigenvalue weighted by molar-refractivity contribution is -0.134. The standard InChI is InChI=1S/C21H23F3N8OS/c22-21(23,24)15-12-25-20(34-15)30-10-8-29(9-11-30)19(33)14-2-1-7-31(14)17-6-5-16-26-27-18(13-3-4-13)32(16)28-17/h5-6,12-14H,1-4,7-11H2/t14-/m0/s1. The van der Waals surface area contributed by atoms with E-state index in [2.05, 4.69) is 20.1 Å². The van der Waals surface area contributed by atoms with Gasteiger partial charge in [-0.2, -0.15) is 17.7 Å². The van der Waals surface area contributed by atoms with Crippen LogP contribution in [0, 0.1) is 0 Å². The van der Waals surface area contributed by atoms with Crippen LogP contribution in [0.5, 0.6) is 0 Å². The molecule has 13 heteroatoms. The maximum atomic E-state index is 13.4. The molecule has 0 unspecified atom stereocenters. The number of alkyl halides is 3. The zero-order chi connectivity index (χ0) is 23.4. The molecule has 180 valence electrons. The predicted molar refractivity (Wildman–Crippen MR) is 119 cm³/mol. The van der Waals surface area contributed by atoms with Gasteiger partial charge in [0.2, 0.25) is 5.91 Å². The van der Waals surface area contributed by atoms with Gasteiger partial charge in [-0.15, -0.1) is 15.3 Å². The Morgan fingerprint density at radius 3 is 2.53 bits per heavy atom. The summed E-state index contributed by atoms with van der Waals surface area (Å²) >= 11 is 0.645. The highest BCUT2D eigenvalue weighted by atomic mass is 32.1. The van der Waals surface area contributed by atoms with Crippen molar-refractivity contribution >= 4 is 33.8 Å². The van der Waals surface area contributed by atoms with Crippen molar-refractivity contribution in [1.29, 1.82) is 0 Å². The van der Waals surface area contributed by atoms with Gasteiger partial charge in [0.25, 0.3) is 0 Å². The summed E-state index contributed by atoms with van der Waals surface area (Å²) in [5, 5.41) is 13.6. The fourth-order valence-electron chi connectivity index (χ4n) is 4.71. The van der Waals surface area contributed by atoms with Crippen LogP contribution in [0.1, 0.15) is 42.3 Å². The second kappa shape index (κ2) is 8.07. The largest absolute Gasteiger partial charge is 0.427 e. The third-order valence-corrected chi connectivity index (χ3v) is 7.79. The fourth-order valence-corrected chi connectivity index (χ4v) is 5.55. The summed E-state index contributed by atoms with van der Waals surface area (Å²) in [6.07, 6.45) is 0.333. The Morgan fingerprint density at radius 2 is 1.82 bits per heavy atom. The molecular weight excluding hydrogens is 469 g/mol. The SMILES string of the molecule is O=C([C@@H]1CCCN1c1ccc2nnc(C3CC3)n2n1)N1CCN(c2ncc(C(F)(F)F)s2)CC1. The number of amides is 1. The van der Waals surface area contributed by atoms with Gasteiger partial charge in [-0.25, -0.2) is 4.98 Å². The van der Waals surface area contributed by atoms with E-state index < -0.39 is 11.1 Å². The number of anilines is 2. The zero-order valence-corrected chi connectivity index (χ0v) is 19.1. The number of fused-ring (bicyclic) bond motifs is 1. The van der Waals surface area contributed by atoms with Crippen molar-refractivity contribution in [2.75, 3.05) is 42.5 Å².